The molecular formula is C6H9ClO. The van der Waals surface area contributed by atoms with Crippen molar-refractivity contribution in [2.24, 2.45) is 0 Å². The van der Waals surface area contributed by atoms with E-state index in [0.717, 1.165) is 6.42 Å². The minimum absolute atomic E-state index is 0.431. The Morgan fingerprint density at radius 1 is 1.88 bits per heavy atom. The number of hydrogen-bond acceptors (Lipinski definition) is 1. The molecule has 0 radical (unpaired) electrons. The fourth-order valence-corrected chi connectivity index (χ4v) is 0.911. The lowest BCUT2D eigenvalue weighted by atomic mass is 10.1. The van der Waals surface area contributed by atoms with Gasteiger partial charge in [-0.3, -0.25) is 0 Å². The Morgan fingerprint density at radius 3 is 2.62 bits per heavy atom. The largest absolute Gasteiger partial charge is 0.387 e. The molecule has 2 heteroatoms. The van der Waals surface area contributed by atoms with Gasteiger partial charge in [0.2, 0.25) is 0 Å². The highest BCUT2D eigenvalue weighted by atomic mass is 35.5. The fraction of sp³-hybridized carbons (Fsp3) is 0.667. The molecule has 8 heavy (non-hydrogen) atoms. The molecule has 0 aromatic carbocycles. The summed E-state index contributed by atoms with van der Waals surface area (Å²) in [6.45, 7) is 1.83. The van der Waals surface area contributed by atoms with E-state index in [9.17, 15) is 0 Å². The van der Waals surface area contributed by atoms with E-state index in [1.807, 2.05) is 13.0 Å². The van der Waals surface area contributed by atoms with Crippen molar-refractivity contribution in [1.29, 1.82) is 0 Å². The van der Waals surface area contributed by atoms with Gasteiger partial charge in [-0.1, -0.05) is 12.2 Å². The van der Waals surface area contributed by atoms with Gasteiger partial charge in [-0.2, -0.15) is 0 Å². The summed E-state index contributed by atoms with van der Waals surface area (Å²) in [5.41, 5.74) is 0. The van der Waals surface area contributed by atoms with E-state index >= 15 is 0 Å². The van der Waals surface area contributed by atoms with Crippen LogP contribution in [-0.4, -0.2) is 16.1 Å². The maximum absolute atomic E-state index is 9.04. The van der Waals surface area contributed by atoms with E-state index in [1.165, 1.54) is 0 Å². The summed E-state index contributed by atoms with van der Waals surface area (Å²) in [4.78, 5) is -0.431. The fourth-order valence-electron chi connectivity index (χ4n) is 0.749. The Bertz CT molecular complexity index is 118. The van der Waals surface area contributed by atoms with Crippen LogP contribution in [0.3, 0.4) is 0 Å². The van der Waals surface area contributed by atoms with Crippen LogP contribution in [-0.2, 0) is 0 Å². The van der Waals surface area contributed by atoms with Crippen molar-refractivity contribution in [3.05, 3.63) is 12.2 Å². The minimum Gasteiger partial charge on any atom is -0.387 e. The zero-order valence-corrected chi connectivity index (χ0v) is 5.52. The molecule has 0 bridgehead atoms. The molecule has 1 aliphatic rings. The van der Waals surface area contributed by atoms with Gasteiger partial charge >= 0.3 is 0 Å². The first-order chi connectivity index (χ1) is 3.63. The second-order valence-corrected chi connectivity index (χ2v) is 3.22. The summed E-state index contributed by atoms with van der Waals surface area (Å²) in [7, 11) is 0. The number of allylic oxidation sites excluding steroid dienone is 1. The van der Waals surface area contributed by atoms with E-state index in [2.05, 4.69) is 0 Å². The first kappa shape index (κ1) is 6.12. The van der Waals surface area contributed by atoms with Gasteiger partial charge in [0.15, 0.2) is 0 Å². The molecule has 0 saturated heterocycles. The predicted octanol–water partition coefficient (Wildman–Crippen LogP) is 1.30. The monoisotopic (exact) mass is 132 g/mol. The van der Waals surface area contributed by atoms with Crippen molar-refractivity contribution in [3.8, 4) is 0 Å². The number of hydrogen-bond donors (Lipinski definition) is 1. The molecule has 1 N–H and O–H groups in total. The standard InChI is InChI=1S/C6H9ClO/c1-6(7)4-2-3-5(6)8/h2-3,5,8H,4H2,1H3/t5-,6+/m1/s1. The maximum atomic E-state index is 9.04. The van der Waals surface area contributed by atoms with Crippen LogP contribution >= 0.6 is 11.6 Å². The summed E-state index contributed by atoms with van der Waals surface area (Å²) in [6, 6.07) is 0. The molecule has 0 heterocycles. The van der Waals surface area contributed by atoms with Crippen LogP contribution in [0.5, 0.6) is 0 Å². The number of aliphatic hydroxyl groups excluding tert-OH is 1. The van der Waals surface area contributed by atoms with Crippen molar-refractivity contribution in [2.45, 2.75) is 24.3 Å². The molecule has 2 atom stereocenters. The number of rotatable bonds is 0. The predicted molar refractivity (Wildman–Crippen MR) is 34.0 cm³/mol. The molecule has 0 unspecified atom stereocenters. The summed E-state index contributed by atoms with van der Waals surface area (Å²) >= 11 is 5.81. The molecular weight excluding hydrogens is 124 g/mol. The third-order valence-corrected chi connectivity index (χ3v) is 1.83. The first-order valence-corrected chi connectivity index (χ1v) is 3.04. The Labute approximate surface area is 54.0 Å². The summed E-state index contributed by atoms with van der Waals surface area (Å²) in [5.74, 6) is 0. The highest BCUT2D eigenvalue weighted by Crippen LogP contribution is 2.29. The zero-order valence-electron chi connectivity index (χ0n) is 4.76. The van der Waals surface area contributed by atoms with Gasteiger partial charge in [0.05, 0.1) is 11.0 Å². The normalized spacial score (nSPS) is 45.6. The zero-order chi connectivity index (χ0) is 6.20. The van der Waals surface area contributed by atoms with Gasteiger partial charge < -0.3 is 5.11 Å². The van der Waals surface area contributed by atoms with Crippen LogP contribution in [0, 0.1) is 0 Å². The van der Waals surface area contributed by atoms with Crippen molar-refractivity contribution in [1.82, 2.24) is 0 Å². The van der Waals surface area contributed by atoms with E-state index in [-0.39, 0.29) is 0 Å². The van der Waals surface area contributed by atoms with Crippen LogP contribution in [0.2, 0.25) is 0 Å². The van der Waals surface area contributed by atoms with Gasteiger partial charge in [0, 0.05) is 0 Å². The van der Waals surface area contributed by atoms with Crippen LogP contribution in [0.25, 0.3) is 0 Å². The average molecular weight is 133 g/mol. The average Bonchev–Trinajstić information content (AvgIpc) is 1.86. The van der Waals surface area contributed by atoms with Crippen molar-refractivity contribution in [2.75, 3.05) is 0 Å². The molecule has 0 saturated carbocycles. The van der Waals surface area contributed by atoms with Gasteiger partial charge in [-0.05, 0) is 13.3 Å². The quantitative estimate of drug-likeness (QED) is 0.389. The van der Waals surface area contributed by atoms with E-state index in [1.54, 1.807) is 6.08 Å². The van der Waals surface area contributed by atoms with E-state index in [0.29, 0.717) is 0 Å². The molecule has 0 aliphatic heterocycles. The summed E-state index contributed by atoms with van der Waals surface area (Å²) in [5, 5.41) is 9.04. The van der Waals surface area contributed by atoms with Crippen LogP contribution < -0.4 is 0 Å². The topological polar surface area (TPSA) is 20.2 Å². The van der Waals surface area contributed by atoms with Crippen molar-refractivity contribution < 1.29 is 5.11 Å². The third kappa shape index (κ3) is 0.884. The summed E-state index contributed by atoms with van der Waals surface area (Å²) < 4.78 is 0. The van der Waals surface area contributed by atoms with Gasteiger partial charge in [0.25, 0.3) is 0 Å². The van der Waals surface area contributed by atoms with Gasteiger partial charge in [-0.15, -0.1) is 11.6 Å². The lowest BCUT2D eigenvalue weighted by Gasteiger charge is -2.18. The molecule has 1 rings (SSSR count). The lowest BCUT2D eigenvalue weighted by Crippen LogP contribution is -2.26. The Kier molecular flexibility index (Phi) is 1.33. The molecule has 46 valence electrons. The van der Waals surface area contributed by atoms with E-state index < -0.39 is 11.0 Å². The molecule has 0 spiro atoms. The lowest BCUT2D eigenvalue weighted by molar-refractivity contribution is 0.189. The second-order valence-electron chi connectivity index (χ2n) is 2.36. The van der Waals surface area contributed by atoms with E-state index in [4.69, 9.17) is 16.7 Å². The maximum Gasteiger partial charge on any atom is 0.0912 e. The van der Waals surface area contributed by atoms with Crippen molar-refractivity contribution >= 4 is 11.6 Å². The molecule has 0 amide bonds. The van der Waals surface area contributed by atoms with Gasteiger partial charge in [0.1, 0.15) is 0 Å². The molecule has 1 aliphatic carbocycles. The Hall–Kier alpha value is -0.0100. The molecule has 0 fully saturated rings. The van der Waals surface area contributed by atoms with Crippen molar-refractivity contribution in [3.63, 3.8) is 0 Å². The van der Waals surface area contributed by atoms with Crippen LogP contribution in [0.15, 0.2) is 12.2 Å². The van der Waals surface area contributed by atoms with Crippen LogP contribution in [0.1, 0.15) is 13.3 Å². The number of halogens is 1. The number of aliphatic hydroxyl groups is 1. The SMILES string of the molecule is C[C@]1(Cl)CC=C[C@H]1O. The second kappa shape index (κ2) is 1.74. The smallest absolute Gasteiger partial charge is 0.0912 e. The first-order valence-electron chi connectivity index (χ1n) is 2.66. The molecule has 0 aromatic rings. The Morgan fingerprint density at radius 2 is 2.50 bits per heavy atom. The third-order valence-electron chi connectivity index (χ3n) is 1.45. The molecule has 0 aromatic heterocycles. The highest BCUT2D eigenvalue weighted by molar-refractivity contribution is 6.24. The highest BCUT2D eigenvalue weighted by Gasteiger charge is 2.30. The molecule has 1 nitrogen and oxygen atoms in total. The minimum atomic E-state index is -0.454. The van der Waals surface area contributed by atoms with Gasteiger partial charge in [-0.25, -0.2) is 0 Å². The number of alkyl halides is 1. The van der Waals surface area contributed by atoms with Crippen LogP contribution in [0.4, 0.5) is 0 Å². The Balaban J connectivity index is 2.64. The summed E-state index contributed by atoms with van der Waals surface area (Å²) in [6.07, 6.45) is 3.95.